The minimum Gasteiger partial charge on any atom is -0.478 e. The number of aromatic nitrogens is 1. The summed E-state index contributed by atoms with van der Waals surface area (Å²) in [6.07, 6.45) is 1.44. The Hall–Kier alpha value is -1.78. The Balaban J connectivity index is 2.38. The maximum Gasteiger partial charge on any atom is 0.337 e. The van der Waals surface area contributed by atoms with Crippen LogP contribution in [0.3, 0.4) is 0 Å². The lowest BCUT2D eigenvalue weighted by molar-refractivity contribution is 0.0697. The van der Waals surface area contributed by atoms with Crippen molar-refractivity contribution < 1.29 is 9.90 Å². The average Bonchev–Trinajstić information content (AvgIpc) is 2.45. The molecule has 0 saturated heterocycles. The first-order chi connectivity index (χ1) is 9.91. The fraction of sp³-hybridized carbons (Fsp3) is 0.200. The molecule has 1 heterocycles. The van der Waals surface area contributed by atoms with Gasteiger partial charge in [-0.3, -0.25) is 0 Å². The lowest BCUT2D eigenvalue weighted by Crippen LogP contribution is -2.23. The molecule has 1 N–H and O–H groups in total. The molecule has 6 heteroatoms. The number of carbonyl (C=O) groups is 1. The molecule has 1 aromatic carbocycles. The third kappa shape index (κ3) is 3.28. The largest absolute Gasteiger partial charge is 0.478 e. The van der Waals surface area contributed by atoms with Crippen LogP contribution in [-0.2, 0) is 0 Å². The average molecular weight is 325 g/mol. The number of pyridine rings is 1. The van der Waals surface area contributed by atoms with Crippen molar-refractivity contribution in [1.82, 2.24) is 4.98 Å². The van der Waals surface area contributed by atoms with Crippen molar-refractivity contribution in [2.24, 2.45) is 0 Å². The summed E-state index contributed by atoms with van der Waals surface area (Å²) in [6.45, 7) is 1.97. The maximum atomic E-state index is 11.1. The molecule has 0 aliphatic carbocycles. The van der Waals surface area contributed by atoms with Gasteiger partial charge in [-0.15, -0.1) is 0 Å². The van der Waals surface area contributed by atoms with Gasteiger partial charge in [-0.25, -0.2) is 9.78 Å². The molecule has 0 aliphatic rings. The van der Waals surface area contributed by atoms with Gasteiger partial charge in [0, 0.05) is 18.3 Å². The van der Waals surface area contributed by atoms with E-state index in [4.69, 9.17) is 28.3 Å². The number of halogens is 2. The van der Waals surface area contributed by atoms with E-state index < -0.39 is 5.97 Å². The van der Waals surface area contributed by atoms with Crippen molar-refractivity contribution >= 4 is 35.0 Å². The second-order valence-corrected chi connectivity index (χ2v) is 5.46. The molecule has 1 aromatic heterocycles. The first-order valence-electron chi connectivity index (χ1n) is 6.28. The number of benzene rings is 1. The number of carboxylic acids is 1. The van der Waals surface area contributed by atoms with E-state index in [-0.39, 0.29) is 16.6 Å². The molecule has 1 atom stereocenters. The third-order valence-corrected chi connectivity index (χ3v) is 3.96. The van der Waals surface area contributed by atoms with E-state index in [0.29, 0.717) is 10.8 Å². The summed E-state index contributed by atoms with van der Waals surface area (Å²) in [7, 11) is 1.81. The van der Waals surface area contributed by atoms with Crippen LogP contribution in [0.4, 0.5) is 5.82 Å². The lowest BCUT2D eigenvalue weighted by atomic mass is 10.1. The van der Waals surface area contributed by atoms with Crippen LogP contribution in [0, 0.1) is 0 Å². The van der Waals surface area contributed by atoms with Gasteiger partial charge in [0.15, 0.2) is 0 Å². The van der Waals surface area contributed by atoms with E-state index in [9.17, 15) is 4.79 Å². The fourth-order valence-corrected chi connectivity index (χ4v) is 2.54. The summed E-state index contributed by atoms with van der Waals surface area (Å²) in [6, 6.07) is 8.79. The number of rotatable bonds is 4. The van der Waals surface area contributed by atoms with E-state index in [1.54, 1.807) is 6.07 Å². The van der Waals surface area contributed by atoms with E-state index in [1.165, 1.54) is 12.3 Å². The monoisotopic (exact) mass is 324 g/mol. The van der Waals surface area contributed by atoms with Crippen molar-refractivity contribution in [3.8, 4) is 0 Å². The Labute approximate surface area is 132 Å². The zero-order chi connectivity index (χ0) is 15.6. The van der Waals surface area contributed by atoms with Crippen molar-refractivity contribution in [3.63, 3.8) is 0 Å². The highest BCUT2D eigenvalue weighted by molar-refractivity contribution is 6.35. The Morgan fingerprint density at radius 3 is 2.67 bits per heavy atom. The molecule has 21 heavy (non-hydrogen) atoms. The zero-order valence-electron chi connectivity index (χ0n) is 11.5. The maximum absolute atomic E-state index is 11.1. The molecule has 110 valence electrons. The molecule has 0 bridgehead atoms. The molecule has 0 amide bonds. The number of nitrogens with zero attached hydrogens (tertiary/aromatic N) is 2. The summed E-state index contributed by atoms with van der Waals surface area (Å²) in [5.41, 5.74) is 1.02. The summed E-state index contributed by atoms with van der Waals surface area (Å²) in [4.78, 5) is 17.1. The van der Waals surface area contributed by atoms with Gasteiger partial charge in [0.05, 0.1) is 16.6 Å². The molecule has 0 fully saturated rings. The van der Waals surface area contributed by atoms with Gasteiger partial charge in [0.2, 0.25) is 0 Å². The Bertz CT molecular complexity index is 676. The van der Waals surface area contributed by atoms with Crippen LogP contribution in [0.15, 0.2) is 36.5 Å². The number of aromatic carboxylic acids is 1. The van der Waals surface area contributed by atoms with Crippen molar-refractivity contribution in [1.29, 1.82) is 0 Å². The Kier molecular flexibility index (Phi) is 4.70. The van der Waals surface area contributed by atoms with Crippen molar-refractivity contribution in [3.05, 3.63) is 57.7 Å². The molecule has 2 aromatic rings. The molecule has 0 aliphatic heterocycles. The summed E-state index contributed by atoms with van der Waals surface area (Å²) < 4.78 is 0. The van der Waals surface area contributed by atoms with Crippen molar-refractivity contribution in [2.75, 3.05) is 11.9 Å². The van der Waals surface area contributed by atoms with Gasteiger partial charge in [0.25, 0.3) is 0 Å². The second-order valence-electron chi connectivity index (χ2n) is 4.64. The lowest BCUT2D eigenvalue weighted by Gasteiger charge is -2.27. The predicted octanol–water partition coefficient (Wildman–Crippen LogP) is 4.28. The van der Waals surface area contributed by atoms with Crippen LogP contribution >= 0.6 is 23.2 Å². The number of hydrogen-bond acceptors (Lipinski definition) is 3. The van der Waals surface area contributed by atoms with Gasteiger partial charge in [0.1, 0.15) is 5.82 Å². The molecule has 0 saturated carbocycles. The quantitative estimate of drug-likeness (QED) is 0.911. The SMILES string of the molecule is CC(c1cccc(Cl)c1)N(C)c1nccc(C(=O)O)c1Cl. The molecule has 0 radical (unpaired) electrons. The predicted molar refractivity (Wildman–Crippen MR) is 84.5 cm³/mol. The van der Waals surface area contributed by atoms with Crippen LogP contribution in [0.2, 0.25) is 10.0 Å². The van der Waals surface area contributed by atoms with Gasteiger partial charge < -0.3 is 10.0 Å². The summed E-state index contributed by atoms with van der Waals surface area (Å²) in [5.74, 6) is -0.656. The van der Waals surface area contributed by atoms with Crippen LogP contribution in [-0.4, -0.2) is 23.1 Å². The smallest absolute Gasteiger partial charge is 0.337 e. The second kappa shape index (κ2) is 6.33. The normalized spacial score (nSPS) is 12.0. The Morgan fingerprint density at radius 2 is 2.05 bits per heavy atom. The van der Waals surface area contributed by atoms with Crippen LogP contribution < -0.4 is 4.90 Å². The highest BCUT2D eigenvalue weighted by Crippen LogP contribution is 2.32. The first kappa shape index (κ1) is 15.6. The molecule has 1 unspecified atom stereocenters. The van der Waals surface area contributed by atoms with Gasteiger partial charge in [-0.05, 0) is 30.7 Å². The molecular weight excluding hydrogens is 311 g/mol. The molecule has 4 nitrogen and oxygen atoms in total. The zero-order valence-corrected chi connectivity index (χ0v) is 13.1. The molecular formula is C15H14Cl2N2O2. The fourth-order valence-electron chi connectivity index (χ4n) is 2.02. The summed E-state index contributed by atoms with van der Waals surface area (Å²) in [5, 5.41) is 9.89. The van der Waals surface area contributed by atoms with E-state index in [0.717, 1.165) is 5.56 Å². The first-order valence-corrected chi connectivity index (χ1v) is 7.03. The van der Waals surface area contributed by atoms with E-state index >= 15 is 0 Å². The minimum absolute atomic E-state index is 0.0341. The number of hydrogen-bond donors (Lipinski definition) is 1. The van der Waals surface area contributed by atoms with Gasteiger partial charge in [-0.2, -0.15) is 0 Å². The number of anilines is 1. The highest BCUT2D eigenvalue weighted by atomic mass is 35.5. The molecule has 2 rings (SSSR count). The molecule has 0 spiro atoms. The third-order valence-electron chi connectivity index (χ3n) is 3.35. The minimum atomic E-state index is -1.08. The topological polar surface area (TPSA) is 53.4 Å². The standard InChI is InChI=1S/C15H14Cl2N2O2/c1-9(10-4-3-5-11(16)8-10)19(2)14-13(17)12(15(20)21)6-7-18-14/h3-9H,1-2H3,(H,20,21). The van der Waals surface area contributed by atoms with Crippen molar-refractivity contribution in [2.45, 2.75) is 13.0 Å². The van der Waals surface area contributed by atoms with Gasteiger partial charge in [-0.1, -0.05) is 35.3 Å². The van der Waals surface area contributed by atoms with Crippen LogP contribution in [0.5, 0.6) is 0 Å². The Morgan fingerprint density at radius 1 is 1.33 bits per heavy atom. The van der Waals surface area contributed by atoms with E-state index in [1.807, 2.05) is 37.1 Å². The van der Waals surface area contributed by atoms with Crippen LogP contribution in [0.25, 0.3) is 0 Å². The van der Waals surface area contributed by atoms with E-state index in [2.05, 4.69) is 4.98 Å². The number of carboxylic acid groups (broad SMARTS) is 1. The van der Waals surface area contributed by atoms with Gasteiger partial charge >= 0.3 is 5.97 Å². The van der Waals surface area contributed by atoms with Crippen LogP contribution in [0.1, 0.15) is 28.9 Å². The summed E-state index contributed by atoms with van der Waals surface area (Å²) >= 11 is 12.2. The highest BCUT2D eigenvalue weighted by Gasteiger charge is 2.20.